The van der Waals surface area contributed by atoms with Crippen LogP contribution >= 0.6 is 11.6 Å². The molecule has 1 fully saturated rings. The molecule has 0 aliphatic carbocycles. The summed E-state index contributed by atoms with van der Waals surface area (Å²) in [5, 5.41) is 4.02. The van der Waals surface area contributed by atoms with Gasteiger partial charge in [-0.1, -0.05) is 43.5 Å². The minimum absolute atomic E-state index is 0.0511. The smallest absolute Gasteiger partial charge is 0.250 e. The molecule has 1 atom stereocenters. The predicted octanol–water partition coefficient (Wildman–Crippen LogP) is 3.48. The first-order chi connectivity index (χ1) is 14.2. The molecule has 2 aromatic rings. The second-order valence-electron chi connectivity index (χ2n) is 7.39. The molecule has 0 saturated carbocycles. The van der Waals surface area contributed by atoms with E-state index in [0.29, 0.717) is 30.6 Å². The number of halogens is 1. The van der Waals surface area contributed by atoms with E-state index in [4.69, 9.17) is 16.3 Å². The highest BCUT2D eigenvalue weighted by atomic mass is 35.5. The van der Waals surface area contributed by atoms with Crippen LogP contribution < -0.4 is 15.1 Å². The van der Waals surface area contributed by atoms with E-state index >= 15 is 0 Å². The molecule has 4 rings (SSSR count). The second-order valence-corrected chi connectivity index (χ2v) is 7.82. The number of fused-ring (bicyclic) bond motifs is 1. The van der Waals surface area contributed by atoms with Crippen molar-refractivity contribution < 1.29 is 9.53 Å². The monoisotopic (exact) mass is 415 g/mol. The van der Waals surface area contributed by atoms with Crippen molar-refractivity contribution in [1.29, 1.82) is 0 Å². The summed E-state index contributed by atoms with van der Waals surface area (Å²) in [4.78, 5) is 26.5. The normalized spacial score (nSPS) is 19.1. The van der Waals surface area contributed by atoms with Gasteiger partial charge in [0.25, 0.3) is 0 Å². The summed E-state index contributed by atoms with van der Waals surface area (Å²) in [5.74, 6) is 1.54. The van der Waals surface area contributed by atoms with Crippen LogP contribution in [0.3, 0.4) is 0 Å². The summed E-state index contributed by atoms with van der Waals surface area (Å²) in [6, 6.07) is 7.35. The molecule has 0 radical (unpaired) electrons. The number of rotatable bonds is 6. The molecular formula is C21H26ClN5O2. The van der Waals surface area contributed by atoms with Gasteiger partial charge in [0.1, 0.15) is 18.1 Å². The molecule has 8 heteroatoms. The molecule has 0 spiro atoms. The minimum Gasteiger partial charge on any atom is -0.378 e. The molecule has 1 aromatic carbocycles. The lowest BCUT2D eigenvalue weighted by atomic mass is 10.0. The van der Waals surface area contributed by atoms with Gasteiger partial charge < -0.3 is 15.0 Å². The third-order valence-corrected chi connectivity index (χ3v) is 5.57. The minimum atomic E-state index is -0.283. The van der Waals surface area contributed by atoms with Crippen LogP contribution in [0.2, 0.25) is 5.02 Å². The van der Waals surface area contributed by atoms with Gasteiger partial charge in [-0.25, -0.2) is 9.97 Å². The number of hydrogen-bond acceptors (Lipinski definition) is 6. The molecule has 7 nitrogen and oxygen atoms in total. The average molecular weight is 416 g/mol. The van der Waals surface area contributed by atoms with E-state index in [0.717, 1.165) is 49.4 Å². The molecule has 3 heterocycles. The summed E-state index contributed by atoms with van der Waals surface area (Å²) in [6.07, 6.45) is 4.36. The number of benzene rings is 1. The lowest BCUT2D eigenvalue weighted by Crippen LogP contribution is -2.48. The van der Waals surface area contributed by atoms with Crippen molar-refractivity contribution in [3.63, 3.8) is 0 Å². The fourth-order valence-corrected chi connectivity index (χ4v) is 4.05. The predicted molar refractivity (Wildman–Crippen MR) is 115 cm³/mol. The topological polar surface area (TPSA) is 70.6 Å². The lowest BCUT2D eigenvalue weighted by Gasteiger charge is -2.38. The number of carbonyl (C=O) groups excluding carboxylic acids is 1. The van der Waals surface area contributed by atoms with Gasteiger partial charge in [-0.15, -0.1) is 0 Å². The molecule has 1 saturated heterocycles. The van der Waals surface area contributed by atoms with Gasteiger partial charge >= 0.3 is 0 Å². The Hall–Kier alpha value is -2.38. The maximum Gasteiger partial charge on any atom is 0.250 e. The molecular weight excluding hydrogens is 390 g/mol. The van der Waals surface area contributed by atoms with Crippen molar-refractivity contribution in [2.45, 2.75) is 38.8 Å². The van der Waals surface area contributed by atoms with Gasteiger partial charge in [0.2, 0.25) is 5.91 Å². The molecule has 0 bridgehead atoms. The third-order valence-electron chi connectivity index (χ3n) is 5.33. The molecule has 1 amide bonds. The second kappa shape index (κ2) is 8.97. The van der Waals surface area contributed by atoms with Gasteiger partial charge in [-0.2, -0.15) is 0 Å². The fourth-order valence-electron chi connectivity index (χ4n) is 3.83. The van der Waals surface area contributed by atoms with Crippen molar-refractivity contribution in [3.05, 3.63) is 41.2 Å². The Bertz CT molecular complexity index is 872. The van der Waals surface area contributed by atoms with Crippen molar-refractivity contribution >= 4 is 34.8 Å². The van der Waals surface area contributed by atoms with E-state index in [-0.39, 0.29) is 11.9 Å². The van der Waals surface area contributed by atoms with Gasteiger partial charge in [-0.05, 0) is 24.1 Å². The van der Waals surface area contributed by atoms with Crippen molar-refractivity contribution in [1.82, 2.24) is 9.97 Å². The standard InChI is InChI=1S/C21H26ClN5O2/c1-2-3-7-17-21(28)27(13-15-5-4-6-16(22)12-15)18-19(25-17)23-14-24-20(18)26-8-10-29-11-9-26/h4-6,12,14,17H,2-3,7-11,13H2,1H3,(H,23,24,25)/t17-/m0/s1. The van der Waals surface area contributed by atoms with Crippen LogP contribution in [0.5, 0.6) is 0 Å². The van der Waals surface area contributed by atoms with Crippen LogP contribution in [0.4, 0.5) is 17.3 Å². The Morgan fingerprint density at radius 1 is 1.28 bits per heavy atom. The number of nitrogens with zero attached hydrogens (tertiary/aromatic N) is 4. The number of anilines is 3. The number of ether oxygens (including phenoxy) is 1. The molecule has 0 unspecified atom stereocenters. The Morgan fingerprint density at radius 3 is 2.86 bits per heavy atom. The maximum absolute atomic E-state index is 13.5. The van der Waals surface area contributed by atoms with E-state index in [9.17, 15) is 4.79 Å². The number of aromatic nitrogens is 2. The largest absolute Gasteiger partial charge is 0.378 e. The zero-order valence-corrected chi connectivity index (χ0v) is 17.4. The van der Waals surface area contributed by atoms with Crippen molar-refractivity contribution in [2.24, 2.45) is 0 Å². The Morgan fingerprint density at radius 2 is 2.10 bits per heavy atom. The Kier molecular flexibility index (Phi) is 6.16. The van der Waals surface area contributed by atoms with E-state index < -0.39 is 0 Å². The molecule has 2 aliphatic rings. The molecule has 1 N–H and O–H groups in total. The highest BCUT2D eigenvalue weighted by molar-refractivity contribution is 6.30. The number of unbranched alkanes of at least 4 members (excludes halogenated alkanes) is 1. The van der Waals surface area contributed by atoms with E-state index in [1.807, 2.05) is 29.2 Å². The Labute approximate surface area is 176 Å². The maximum atomic E-state index is 13.5. The first-order valence-electron chi connectivity index (χ1n) is 10.2. The van der Waals surface area contributed by atoms with Gasteiger partial charge in [-0.3, -0.25) is 9.69 Å². The molecule has 29 heavy (non-hydrogen) atoms. The Balaban J connectivity index is 1.73. The van der Waals surface area contributed by atoms with Gasteiger partial charge in [0.15, 0.2) is 11.6 Å². The lowest BCUT2D eigenvalue weighted by molar-refractivity contribution is -0.119. The first kappa shape index (κ1) is 19.9. The van der Waals surface area contributed by atoms with Crippen LogP contribution in [0, 0.1) is 0 Å². The molecule has 154 valence electrons. The third kappa shape index (κ3) is 4.31. The summed E-state index contributed by atoms with van der Waals surface area (Å²) < 4.78 is 5.49. The van der Waals surface area contributed by atoms with Crippen molar-refractivity contribution in [3.8, 4) is 0 Å². The van der Waals surface area contributed by atoms with Crippen LogP contribution in [0.15, 0.2) is 30.6 Å². The van der Waals surface area contributed by atoms with E-state index in [1.165, 1.54) is 0 Å². The fraction of sp³-hybridized carbons (Fsp3) is 0.476. The highest BCUT2D eigenvalue weighted by Gasteiger charge is 2.36. The molecule has 1 aromatic heterocycles. The van der Waals surface area contributed by atoms with Crippen molar-refractivity contribution in [2.75, 3.05) is 41.4 Å². The van der Waals surface area contributed by atoms with Crippen LogP contribution in [-0.4, -0.2) is 48.2 Å². The zero-order chi connectivity index (χ0) is 20.2. The van der Waals surface area contributed by atoms with Gasteiger partial charge in [0.05, 0.1) is 19.8 Å². The van der Waals surface area contributed by atoms with E-state index in [1.54, 1.807) is 6.33 Å². The SMILES string of the molecule is CCCC[C@@H]1Nc2ncnc(N3CCOCC3)c2N(Cc2cccc(Cl)c2)C1=O. The first-order valence-corrected chi connectivity index (χ1v) is 10.5. The number of nitrogens with one attached hydrogen (secondary N) is 1. The highest BCUT2D eigenvalue weighted by Crippen LogP contribution is 2.39. The van der Waals surface area contributed by atoms with E-state index in [2.05, 4.69) is 27.1 Å². The number of morpholine rings is 1. The van der Waals surface area contributed by atoms with Crippen LogP contribution in [-0.2, 0) is 16.1 Å². The summed E-state index contributed by atoms with van der Waals surface area (Å²) in [6.45, 7) is 5.33. The average Bonchev–Trinajstić information content (AvgIpc) is 2.75. The quantitative estimate of drug-likeness (QED) is 0.778. The number of carbonyl (C=O) groups is 1. The summed E-state index contributed by atoms with van der Waals surface area (Å²) >= 11 is 6.19. The van der Waals surface area contributed by atoms with Gasteiger partial charge in [0, 0.05) is 18.1 Å². The molecule has 2 aliphatic heterocycles. The summed E-state index contributed by atoms with van der Waals surface area (Å²) in [7, 11) is 0. The number of hydrogen-bond donors (Lipinski definition) is 1. The van der Waals surface area contributed by atoms with Crippen LogP contribution in [0.1, 0.15) is 31.7 Å². The number of amides is 1. The zero-order valence-electron chi connectivity index (χ0n) is 16.6. The van der Waals surface area contributed by atoms with Crippen LogP contribution in [0.25, 0.3) is 0 Å². The summed E-state index contributed by atoms with van der Waals surface area (Å²) in [5.41, 5.74) is 1.72.